The highest BCUT2D eigenvalue weighted by Gasteiger charge is 2.18. The number of nitrogens with one attached hydrogen (secondary N) is 1. The summed E-state index contributed by atoms with van der Waals surface area (Å²) in [4.78, 5) is 20.5. The molecule has 0 saturated heterocycles. The molecule has 5 heteroatoms. The van der Waals surface area contributed by atoms with E-state index in [0.717, 1.165) is 0 Å². The highest BCUT2D eigenvalue weighted by molar-refractivity contribution is 5.80. The maximum atomic E-state index is 10.4. The zero-order valence-electron chi connectivity index (χ0n) is 6.91. The molecular weight excluding hydrogens is 150 g/mol. The van der Waals surface area contributed by atoms with Crippen LogP contribution < -0.4 is 5.32 Å². The summed E-state index contributed by atoms with van der Waals surface area (Å²) in [6, 6.07) is -1.09. The van der Waals surface area contributed by atoms with Crippen molar-refractivity contribution in [2.75, 3.05) is 6.54 Å². The average Bonchev–Trinajstić information content (AvgIpc) is 1.96. The lowest BCUT2D eigenvalue weighted by Crippen LogP contribution is -2.38. The Balaban J connectivity index is 3.87. The molecule has 3 N–H and O–H groups in total. The molecule has 0 unspecified atom stereocenters. The molecule has 0 amide bonds. The fraction of sp³-hybridized carbons (Fsp3) is 0.667. The van der Waals surface area contributed by atoms with Crippen molar-refractivity contribution in [3.63, 3.8) is 0 Å². The molecule has 0 aliphatic carbocycles. The molecule has 0 bridgehead atoms. The van der Waals surface area contributed by atoms with E-state index in [2.05, 4.69) is 5.32 Å². The van der Waals surface area contributed by atoms with Crippen LogP contribution in [0.15, 0.2) is 0 Å². The number of rotatable bonds is 5. The van der Waals surface area contributed by atoms with Gasteiger partial charge < -0.3 is 15.5 Å². The van der Waals surface area contributed by atoms with Crippen LogP contribution >= 0.6 is 0 Å². The van der Waals surface area contributed by atoms with Gasteiger partial charge in [-0.25, -0.2) is 0 Å². The largest absolute Gasteiger partial charge is 0.481 e. The minimum Gasteiger partial charge on any atom is -0.481 e. The number of carbonyl (C=O) groups is 2. The molecule has 0 aromatic rings. The van der Waals surface area contributed by atoms with Crippen molar-refractivity contribution in [1.82, 2.24) is 5.32 Å². The number of hydrogen-bond acceptors (Lipinski definition) is 3. The summed E-state index contributed by atoms with van der Waals surface area (Å²) in [6.07, 6.45) is -0.463. The zero-order valence-corrected chi connectivity index (χ0v) is 5.91. The summed E-state index contributed by atoms with van der Waals surface area (Å²) in [6.45, 7) is 0.216. The number of likely N-dealkylation sites (N-methyl/N-ethyl adjacent to an activating group) is 1. The van der Waals surface area contributed by atoms with Gasteiger partial charge in [0.25, 0.3) is 0 Å². The summed E-state index contributed by atoms with van der Waals surface area (Å²) in [5.41, 5.74) is 0. The molecule has 0 spiro atoms. The molecule has 64 valence electrons. The van der Waals surface area contributed by atoms with Crippen LogP contribution in [-0.2, 0) is 9.59 Å². The van der Waals surface area contributed by atoms with Crippen LogP contribution in [0, 0.1) is 0 Å². The van der Waals surface area contributed by atoms with E-state index < -0.39 is 24.4 Å². The summed E-state index contributed by atoms with van der Waals surface area (Å²) in [5.74, 6) is -2.37. The molecule has 0 aliphatic rings. The predicted molar refractivity (Wildman–Crippen MR) is 37.4 cm³/mol. The fourth-order valence-electron chi connectivity index (χ4n) is 0.596. The van der Waals surface area contributed by atoms with Crippen molar-refractivity contribution in [3.05, 3.63) is 0 Å². The van der Waals surface area contributed by atoms with Crippen molar-refractivity contribution in [2.24, 2.45) is 0 Å². The Bertz CT molecular complexity index is 173. The van der Waals surface area contributed by atoms with Gasteiger partial charge in [-0.15, -0.1) is 0 Å². The second-order valence-electron chi connectivity index (χ2n) is 1.94. The molecule has 0 saturated carbocycles. The predicted octanol–water partition coefficient (Wildman–Crippen LogP) is -0.476. The second-order valence-corrected chi connectivity index (χ2v) is 1.94. The van der Waals surface area contributed by atoms with E-state index in [1.165, 1.54) is 0 Å². The van der Waals surface area contributed by atoms with Gasteiger partial charge in [0.1, 0.15) is 6.04 Å². The highest BCUT2D eigenvalue weighted by atomic mass is 16.4. The number of carboxylic acid groups (broad SMARTS) is 2. The monoisotopic (exact) mass is 162 g/mol. The maximum Gasteiger partial charge on any atom is 0.321 e. The van der Waals surface area contributed by atoms with Crippen LogP contribution in [0.25, 0.3) is 0 Å². The fourth-order valence-corrected chi connectivity index (χ4v) is 0.596. The first-order valence-electron chi connectivity index (χ1n) is 3.76. The molecule has 0 aliphatic heterocycles. The number of carboxylic acids is 2. The molecule has 0 heterocycles. The summed E-state index contributed by atoms with van der Waals surface area (Å²) in [5, 5.41) is 19.2. The Kier molecular flexibility index (Phi) is 3.40. The summed E-state index contributed by atoms with van der Waals surface area (Å²) < 4.78 is 6.72. The third-order valence-electron chi connectivity index (χ3n) is 1.07. The van der Waals surface area contributed by atoms with Crippen LogP contribution in [0.1, 0.15) is 14.7 Å². The van der Waals surface area contributed by atoms with Crippen molar-refractivity contribution in [3.8, 4) is 0 Å². The first kappa shape index (κ1) is 8.00. The molecule has 0 fully saturated rings. The Hall–Kier alpha value is -1.10. The van der Waals surface area contributed by atoms with E-state index in [1.807, 2.05) is 0 Å². The summed E-state index contributed by atoms with van der Waals surface area (Å²) >= 11 is 0. The molecule has 0 aromatic heterocycles. The summed E-state index contributed by atoms with van der Waals surface area (Å²) in [7, 11) is 0. The van der Waals surface area contributed by atoms with E-state index in [0.29, 0.717) is 0 Å². The van der Waals surface area contributed by atoms with Gasteiger partial charge in [-0.1, -0.05) is 6.90 Å². The molecule has 11 heavy (non-hydrogen) atoms. The second kappa shape index (κ2) is 4.68. The standard InChI is InChI=1S/C6H11NO4/c1-2-7-4(6(10)11)3-5(8)9/h4,7H,2-3H2,1H3,(H,8,9)(H,10,11)/t4-/m0/s1/i1D. The minimum atomic E-state index is -1.20. The first-order chi connectivity index (χ1) is 5.57. The van der Waals surface area contributed by atoms with Gasteiger partial charge in [-0.2, -0.15) is 0 Å². The van der Waals surface area contributed by atoms with Crippen LogP contribution in [0.2, 0.25) is 0 Å². The van der Waals surface area contributed by atoms with Crippen molar-refractivity contribution in [1.29, 1.82) is 0 Å². The van der Waals surface area contributed by atoms with Crippen LogP contribution in [-0.4, -0.2) is 34.7 Å². The quantitative estimate of drug-likeness (QED) is 0.508. The maximum absolute atomic E-state index is 10.4. The molecule has 0 rings (SSSR count). The number of aliphatic carboxylic acids is 2. The Labute approximate surface area is 65.4 Å². The van der Waals surface area contributed by atoms with Gasteiger partial charge in [0, 0.05) is 1.37 Å². The van der Waals surface area contributed by atoms with E-state index in [4.69, 9.17) is 11.6 Å². The van der Waals surface area contributed by atoms with E-state index in [9.17, 15) is 9.59 Å². The third kappa shape index (κ3) is 4.32. The topological polar surface area (TPSA) is 86.6 Å². The van der Waals surface area contributed by atoms with Crippen LogP contribution in [0.4, 0.5) is 0 Å². The lowest BCUT2D eigenvalue weighted by atomic mass is 10.2. The van der Waals surface area contributed by atoms with E-state index in [1.54, 1.807) is 0 Å². The van der Waals surface area contributed by atoms with Crippen molar-refractivity contribution >= 4 is 11.9 Å². The SMILES string of the molecule is [2H]CCN[C@@H](CC(=O)O)C(=O)O. The van der Waals surface area contributed by atoms with Gasteiger partial charge >= 0.3 is 11.9 Å². The van der Waals surface area contributed by atoms with Gasteiger partial charge in [0.15, 0.2) is 0 Å². The van der Waals surface area contributed by atoms with Gasteiger partial charge in [0.2, 0.25) is 0 Å². The third-order valence-corrected chi connectivity index (χ3v) is 1.07. The van der Waals surface area contributed by atoms with E-state index in [-0.39, 0.29) is 13.4 Å². The average molecular weight is 162 g/mol. The van der Waals surface area contributed by atoms with Crippen molar-refractivity contribution in [2.45, 2.75) is 19.4 Å². The molecule has 0 aromatic carbocycles. The Morgan fingerprint density at radius 3 is 2.64 bits per heavy atom. The highest BCUT2D eigenvalue weighted by Crippen LogP contribution is 1.91. The number of hydrogen-bond donors (Lipinski definition) is 3. The Morgan fingerprint density at radius 1 is 1.64 bits per heavy atom. The minimum absolute atomic E-state index is 0.0311. The lowest BCUT2D eigenvalue weighted by molar-refractivity contribution is -0.145. The zero-order chi connectivity index (χ0) is 9.56. The van der Waals surface area contributed by atoms with Crippen molar-refractivity contribution < 1.29 is 21.2 Å². The normalized spacial score (nSPS) is 13.6. The lowest BCUT2D eigenvalue weighted by Gasteiger charge is -2.08. The molecule has 5 nitrogen and oxygen atoms in total. The molecular formula is C6H11NO4. The van der Waals surface area contributed by atoms with E-state index >= 15 is 0 Å². The molecule has 0 radical (unpaired) electrons. The van der Waals surface area contributed by atoms with Gasteiger partial charge in [0.05, 0.1) is 6.42 Å². The van der Waals surface area contributed by atoms with Gasteiger partial charge in [-0.05, 0) is 6.54 Å². The smallest absolute Gasteiger partial charge is 0.321 e. The first-order valence-corrected chi connectivity index (χ1v) is 3.05. The Morgan fingerprint density at radius 2 is 2.27 bits per heavy atom. The molecule has 1 atom stereocenters. The van der Waals surface area contributed by atoms with Gasteiger partial charge in [-0.3, -0.25) is 9.59 Å². The van der Waals surface area contributed by atoms with Crippen LogP contribution in [0.3, 0.4) is 0 Å². The van der Waals surface area contributed by atoms with Crippen LogP contribution in [0.5, 0.6) is 0 Å².